The number of fused-ring (bicyclic) bond motifs is 1. The van der Waals surface area contributed by atoms with E-state index in [0.717, 1.165) is 23.8 Å². The molecule has 0 saturated heterocycles. The number of thioether (sulfide) groups is 1. The Morgan fingerprint density at radius 3 is 2.41 bits per heavy atom. The van der Waals surface area contributed by atoms with Gasteiger partial charge in [0.25, 0.3) is 0 Å². The Morgan fingerprint density at radius 1 is 1.05 bits per heavy atom. The summed E-state index contributed by atoms with van der Waals surface area (Å²) in [7, 11) is 5.50. The van der Waals surface area contributed by atoms with Crippen LogP contribution in [0.15, 0.2) is 47.4 Å². The highest BCUT2D eigenvalue weighted by molar-refractivity contribution is 7.99. The van der Waals surface area contributed by atoms with Gasteiger partial charge in [0.15, 0.2) is 23.1 Å². The third-order valence-electron chi connectivity index (χ3n) is 3.89. The molecule has 0 N–H and O–H groups in total. The molecule has 0 unspecified atom stereocenters. The van der Waals surface area contributed by atoms with Crippen molar-refractivity contribution < 1.29 is 14.0 Å². The third kappa shape index (κ3) is 2.83. The van der Waals surface area contributed by atoms with E-state index in [9.17, 15) is 0 Å². The monoisotopic (exact) mass is 314 g/mol. The van der Waals surface area contributed by atoms with Gasteiger partial charge in [0.2, 0.25) is 0 Å². The first-order valence-corrected chi connectivity index (χ1v) is 8.21. The molecule has 22 heavy (non-hydrogen) atoms. The van der Waals surface area contributed by atoms with E-state index in [2.05, 4.69) is 54.1 Å². The fraction of sp³-hybridized carbons (Fsp3) is 0.278. The largest absolute Gasteiger partial charge is 0.493 e. The number of hydrogen-bond donors (Lipinski definition) is 0. The standard InChI is InChI=1S/C18H20NO2S/c1-19-12-22-18-11-17(21-3)16(20-2)10-14(18)15(19)9-13-7-5-4-6-8-13/h4-8,10-11H,9,12H2,1-3H3/q+1. The molecule has 1 aliphatic rings. The summed E-state index contributed by atoms with van der Waals surface area (Å²) < 4.78 is 13.2. The maximum Gasteiger partial charge on any atom is 0.193 e. The number of benzene rings is 2. The molecule has 4 heteroatoms. The van der Waals surface area contributed by atoms with Crippen LogP contribution in [0.4, 0.5) is 0 Å². The van der Waals surface area contributed by atoms with Crippen molar-refractivity contribution in [3.8, 4) is 11.5 Å². The predicted molar refractivity (Wildman–Crippen MR) is 90.7 cm³/mol. The van der Waals surface area contributed by atoms with E-state index < -0.39 is 0 Å². The highest BCUT2D eigenvalue weighted by atomic mass is 32.2. The second-order valence-electron chi connectivity index (χ2n) is 5.28. The zero-order chi connectivity index (χ0) is 15.5. The molecule has 0 radical (unpaired) electrons. The van der Waals surface area contributed by atoms with Gasteiger partial charge in [-0.15, -0.1) is 0 Å². The highest BCUT2D eigenvalue weighted by Gasteiger charge is 2.26. The van der Waals surface area contributed by atoms with Crippen LogP contribution < -0.4 is 9.47 Å². The van der Waals surface area contributed by atoms with Gasteiger partial charge in [-0.3, -0.25) is 0 Å². The van der Waals surface area contributed by atoms with Crippen LogP contribution in [0.2, 0.25) is 0 Å². The van der Waals surface area contributed by atoms with Crippen molar-refractivity contribution in [2.75, 3.05) is 27.1 Å². The molecule has 3 rings (SSSR count). The predicted octanol–water partition coefficient (Wildman–Crippen LogP) is 3.44. The normalized spacial score (nSPS) is 13.8. The Balaban J connectivity index is 2.05. The first-order valence-electron chi connectivity index (χ1n) is 7.23. The molecule has 0 aliphatic carbocycles. The van der Waals surface area contributed by atoms with Crippen LogP contribution in [-0.2, 0) is 6.42 Å². The molecule has 2 aromatic rings. The molecular weight excluding hydrogens is 294 g/mol. The van der Waals surface area contributed by atoms with E-state index in [-0.39, 0.29) is 0 Å². The fourth-order valence-electron chi connectivity index (χ4n) is 2.67. The van der Waals surface area contributed by atoms with E-state index in [1.807, 2.05) is 11.8 Å². The van der Waals surface area contributed by atoms with E-state index in [0.29, 0.717) is 0 Å². The SMILES string of the molecule is COc1cc2c(cc1OC)C(Cc1ccccc1)=[N+](C)CS2. The van der Waals surface area contributed by atoms with Gasteiger partial charge in [0.1, 0.15) is 7.05 Å². The molecular formula is C18H20NO2S+. The minimum Gasteiger partial charge on any atom is -0.493 e. The van der Waals surface area contributed by atoms with Crippen molar-refractivity contribution in [1.82, 2.24) is 0 Å². The molecule has 0 fully saturated rings. The lowest BCUT2D eigenvalue weighted by Crippen LogP contribution is -2.25. The Labute approximate surface area is 135 Å². The van der Waals surface area contributed by atoms with Crippen LogP contribution in [0.3, 0.4) is 0 Å². The maximum absolute atomic E-state index is 5.47. The zero-order valence-electron chi connectivity index (χ0n) is 13.1. The average molecular weight is 314 g/mol. The average Bonchev–Trinajstić information content (AvgIpc) is 2.57. The number of nitrogens with zero attached hydrogens (tertiary/aromatic N) is 1. The minimum absolute atomic E-state index is 0.780. The fourth-order valence-corrected chi connectivity index (χ4v) is 3.69. The van der Waals surface area contributed by atoms with Crippen LogP contribution in [0.25, 0.3) is 0 Å². The summed E-state index contributed by atoms with van der Waals surface area (Å²) >= 11 is 1.83. The summed E-state index contributed by atoms with van der Waals surface area (Å²) in [4.78, 5) is 1.25. The first kappa shape index (κ1) is 15.0. The van der Waals surface area contributed by atoms with Crippen LogP contribution in [0, 0.1) is 0 Å². The van der Waals surface area contributed by atoms with E-state index in [1.165, 1.54) is 21.7 Å². The van der Waals surface area contributed by atoms with Gasteiger partial charge in [-0.05, 0) is 17.7 Å². The van der Waals surface area contributed by atoms with E-state index >= 15 is 0 Å². The summed E-state index contributed by atoms with van der Waals surface area (Å²) in [6.07, 6.45) is 0.917. The van der Waals surface area contributed by atoms with Gasteiger partial charge >= 0.3 is 0 Å². The number of hydrogen-bond acceptors (Lipinski definition) is 3. The second-order valence-corrected chi connectivity index (χ2v) is 6.27. The van der Waals surface area contributed by atoms with Crippen LogP contribution in [-0.4, -0.2) is 37.4 Å². The van der Waals surface area contributed by atoms with Crippen molar-refractivity contribution in [3.63, 3.8) is 0 Å². The molecule has 3 nitrogen and oxygen atoms in total. The van der Waals surface area contributed by atoms with Crippen LogP contribution >= 0.6 is 11.8 Å². The topological polar surface area (TPSA) is 21.5 Å². The van der Waals surface area contributed by atoms with Gasteiger partial charge in [-0.25, -0.2) is 4.58 Å². The minimum atomic E-state index is 0.780. The van der Waals surface area contributed by atoms with Crippen molar-refractivity contribution >= 4 is 17.5 Å². The summed E-state index contributed by atoms with van der Waals surface area (Å²) in [6, 6.07) is 14.7. The maximum atomic E-state index is 5.47. The highest BCUT2D eigenvalue weighted by Crippen LogP contribution is 2.37. The van der Waals surface area contributed by atoms with Gasteiger partial charge in [-0.1, -0.05) is 42.1 Å². The smallest absolute Gasteiger partial charge is 0.193 e. The molecule has 2 aromatic carbocycles. The molecule has 0 aromatic heterocycles. The van der Waals surface area contributed by atoms with E-state index in [4.69, 9.17) is 9.47 Å². The number of ether oxygens (including phenoxy) is 2. The summed E-state index contributed by atoms with van der Waals surface area (Å²) in [5, 5.41) is 0. The quantitative estimate of drug-likeness (QED) is 0.807. The van der Waals surface area contributed by atoms with Crippen molar-refractivity contribution in [2.24, 2.45) is 0 Å². The molecule has 1 aliphatic heterocycles. The lowest BCUT2D eigenvalue weighted by atomic mass is 10.0. The summed E-state index contributed by atoms with van der Waals surface area (Å²) in [6.45, 7) is 0. The van der Waals surface area contributed by atoms with Crippen molar-refractivity contribution in [1.29, 1.82) is 0 Å². The lowest BCUT2D eigenvalue weighted by Gasteiger charge is -2.18. The second kappa shape index (κ2) is 6.44. The van der Waals surface area contributed by atoms with Crippen LogP contribution in [0.5, 0.6) is 11.5 Å². The van der Waals surface area contributed by atoms with Crippen molar-refractivity contribution in [2.45, 2.75) is 11.3 Å². The summed E-state index contributed by atoms with van der Waals surface area (Å²) in [5.74, 6) is 2.52. The first-order chi connectivity index (χ1) is 10.7. The summed E-state index contributed by atoms with van der Waals surface area (Å²) in [5.41, 5.74) is 3.87. The molecule has 0 spiro atoms. The number of methoxy groups -OCH3 is 2. The molecule has 0 amide bonds. The van der Waals surface area contributed by atoms with Crippen LogP contribution in [0.1, 0.15) is 11.1 Å². The molecule has 114 valence electrons. The molecule has 0 atom stereocenters. The Bertz CT molecular complexity index is 711. The van der Waals surface area contributed by atoms with Crippen molar-refractivity contribution in [3.05, 3.63) is 53.6 Å². The number of rotatable bonds is 4. The van der Waals surface area contributed by atoms with Gasteiger partial charge in [0, 0.05) is 4.90 Å². The molecule has 1 heterocycles. The van der Waals surface area contributed by atoms with Gasteiger partial charge in [0.05, 0.1) is 26.2 Å². The Morgan fingerprint density at radius 2 is 1.73 bits per heavy atom. The Kier molecular flexibility index (Phi) is 4.39. The lowest BCUT2D eigenvalue weighted by molar-refractivity contribution is -0.476. The van der Waals surface area contributed by atoms with Gasteiger partial charge in [-0.2, -0.15) is 0 Å². The molecule has 0 bridgehead atoms. The van der Waals surface area contributed by atoms with Gasteiger partial charge < -0.3 is 9.47 Å². The Hall–Kier alpha value is -1.94. The molecule has 0 saturated carbocycles. The van der Waals surface area contributed by atoms with E-state index in [1.54, 1.807) is 14.2 Å². The third-order valence-corrected chi connectivity index (χ3v) is 5.05. The zero-order valence-corrected chi connectivity index (χ0v) is 13.9.